The van der Waals surface area contributed by atoms with Crippen LogP contribution >= 0.6 is 0 Å². The number of hydrogen-bond acceptors (Lipinski definition) is 5. The van der Waals surface area contributed by atoms with Gasteiger partial charge in [-0.1, -0.05) is 18.2 Å². The standard InChI is InChI=1S/C20H28N2O5/c1-2-27-17-6-4-3-5-16(17)18(20(24)25)21-9-7-15(8-10-21)19(23)22-11-13-26-14-12-22/h3-6,15,18H,2,7-14H2,1H3,(H,24,25)/t18-/m1/s1. The van der Waals surface area contributed by atoms with Crippen molar-refractivity contribution in [1.29, 1.82) is 0 Å². The molecule has 1 amide bonds. The van der Waals surface area contributed by atoms with E-state index in [1.165, 1.54) is 0 Å². The number of nitrogens with zero attached hydrogens (tertiary/aromatic N) is 2. The second-order valence-electron chi connectivity index (χ2n) is 6.96. The number of carboxylic acid groups (broad SMARTS) is 1. The Morgan fingerprint density at radius 1 is 1.19 bits per heavy atom. The van der Waals surface area contributed by atoms with Crippen molar-refractivity contribution in [3.05, 3.63) is 29.8 Å². The van der Waals surface area contributed by atoms with Crippen LogP contribution in [0.2, 0.25) is 0 Å². The smallest absolute Gasteiger partial charge is 0.325 e. The molecule has 1 N–H and O–H groups in total. The third-order valence-corrected chi connectivity index (χ3v) is 5.31. The summed E-state index contributed by atoms with van der Waals surface area (Å²) < 4.78 is 10.9. The van der Waals surface area contributed by atoms with Crippen LogP contribution in [-0.2, 0) is 14.3 Å². The van der Waals surface area contributed by atoms with E-state index in [2.05, 4.69) is 0 Å². The number of para-hydroxylation sites is 1. The van der Waals surface area contributed by atoms with Gasteiger partial charge < -0.3 is 19.5 Å². The highest BCUT2D eigenvalue weighted by atomic mass is 16.5. The Hall–Kier alpha value is -2.12. The number of hydrogen-bond donors (Lipinski definition) is 1. The molecule has 2 fully saturated rings. The van der Waals surface area contributed by atoms with Crippen molar-refractivity contribution in [2.45, 2.75) is 25.8 Å². The van der Waals surface area contributed by atoms with Gasteiger partial charge >= 0.3 is 5.97 Å². The predicted octanol–water partition coefficient (Wildman–Crippen LogP) is 1.78. The summed E-state index contributed by atoms with van der Waals surface area (Å²) in [6.07, 6.45) is 1.35. The molecular formula is C20H28N2O5. The first kappa shape index (κ1) is 19.6. The van der Waals surface area contributed by atoms with Crippen molar-refractivity contribution < 1.29 is 24.2 Å². The molecule has 2 saturated heterocycles. The second-order valence-corrected chi connectivity index (χ2v) is 6.96. The fourth-order valence-corrected chi connectivity index (χ4v) is 3.93. The van der Waals surface area contributed by atoms with E-state index < -0.39 is 12.0 Å². The highest BCUT2D eigenvalue weighted by Gasteiger charge is 2.35. The summed E-state index contributed by atoms with van der Waals surface area (Å²) >= 11 is 0. The van der Waals surface area contributed by atoms with Gasteiger partial charge in [0.05, 0.1) is 19.8 Å². The normalized spacial score (nSPS) is 20.3. The van der Waals surface area contributed by atoms with Gasteiger partial charge in [0.25, 0.3) is 0 Å². The molecule has 0 aliphatic carbocycles. The van der Waals surface area contributed by atoms with Gasteiger partial charge in [-0.3, -0.25) is 14.5 Å². The van der Waals surface area contributed by atoms with Gasteiger partial charge in [-0.05, 0) is 25.8 Å². The molecule has 0 aromatic heterocycles. The Balaban J connectivity index is 1.67. The Bertz CT molecular complexity index is 652. The molecule has 0 unspecified atom stereocenters. The van der Waals surface area contributed by atoms with Crippen LogP contribution in [0.5, 0.6) is 5.75 Å². The Kier molecular flexibility index (Phi) is 6.68. The summed E-state index contributed by atoms with van der Waals surface area (Å²) in [5.74, 6) is -0.130. The minimum Gasteiger partial charge on any atom is -0.494 e. The van der Waals surface area contributed by atoms with Crippen molar-refractivity contribution >= 4 is 11.9 Å². The van der Waals surface area contributed by atoms with Gasteiger partial charge in [0.15, 0.2) is 0 Å². The monoisotopic (exact) mass is 376 g/mol. The zero-order chi connectivity index (χ0) is 19.2. The number of likely N-dealkylation sites (tertiary alicyclic amines) is 1. The summed E-state index contributed by atoms with van der Waals surface area (Å²) in [5, 5.41) is 9.86. The average Bonchev–Trinajstić information content (AvgIpc) is 2.70. The molecule has 2 aliphatic rings. The first-order valence-corrected chi connectivity index (χ1v) is 9.67. The lowest BCUT2D eigenvalue weighted by Gasteiger charge is -2.38. The molecule has 1 atom stereocenters. The maximum Gasteiger partial charge on any atom is 0.325 e. The third kappa shape index (κ3) is 4.59. The third-order valence-electron chi connectivity index (χ3n) is 5.31. The second kappa shape index (κ2) is 9.19. The number of carbonyl (C=O) groups is 2. The van der Waals surface area contributed by atoms with Gasteiger partial charge in [0, 0.05) is 37.7 Å². The minimum absolute atomic E-state index is 0.0315. The molecule has 0 saturated carbocycles. The number of carbonyl (C=O) groups excluding carboxylic acids is 1. The lowest BCUT2D eigenvalue weighted by atomic mass is 9.92. The van der Waals surface area contributed by atoms with Crippen molar-refractivity contribution in [2.24, 2.45) is 5.92 Å². The first-order valence-electron chi connectivity index (χ1n) is 9.67. The topological polar surface area (TPSA) is 79.3 Å². The minimum atomic E-state index is -0.889. The van der Waals surface area contributed by atoms with E-state index >= 15 is 0 Å². The van der Waals surface area contributed by atoms with Crippen LogP contribution in [0.3, 0.4) is 0 Å². The molecule has 7 heteroatoms. The van der Waals surface area contributed by atoms with Gasteiger partial charge in [-0.15, -0.1) is 0 Å². The quantitative estimate of drug-likeness (QED) is 0.815. The fourth-order valence-electron chi connectivity index (χ4n) is 3.93. The average molecular weight is 376 g/mol. The largest absolute Gasteiger partial charge is 0.494 e. The number of piperidine rings is 1. The maximum atomic E-state index is 12.7. The van der Waals surface area contributed by atoms with E-state index in [9.17, 15) is 14.7 Å². The van der Waals surface area contributed by atoms with E-state index in [-0.39, 0.29) is 11.8 Å². The molecule has 0 bridgehead atoms. The van der Waals surface area contributed by atoms with Gasteiger partial charge in [-0.2, -0.15) is 0 Å². The lowest BCUT2D eigenvalue weighted by molar-refractivity contribution is -0.145. The van der Waals surface area contributed by atoms with Gasteiger partial charge in [-0.25, -0.2) is 0 Å². The zero-order valence-electron chi connectivity index (χ0n) is 15.8. The van der Waals surface area contributed by atoms with E-state index in [4.69, 9.17) is 9.47 Å². The van der Waals surface area contributed by atoms with E-state index in [1.54, 1.807) is 0 Å². The Morgan fingerprint density at radius 2 is 1.85 bits per heavy atom. The van der Waals surface area contributed by atoms with Crippen LogP contribution in [0.4, 0.5) is 0 Å². The van der Waals surface area contributed by atoms with E-state index in [0.29, 0.717) is 70.2 Å². The molecule has 2 aliphatic heterocycles. The van der Waals surface area contributed by atoms with Crippen LogP contribution in [-0.4, -0.2) is 72.8 Å². The molecule has 7 nitrogen and oxygen atoms in total. The number of benzene rings is 1. The van der Waals surface area contributed by atoms with Crippen LogP contribution in [0.25, 0.3) is 0 Å². The molecule has 0 spiro atoms. The van der Waals surface area contributed by atoms with Gasteiger partial charge in [0.1, 0.15) is 11.8 Å². The predicted molar refractivity (Wildman–Crippen MR) is 99.7 cm³/mol. The van der Waals surface area contributed by atoms with Gasteiger partial charge in [0.2, 0.25) is 5.91 Å². The fraction of sp³-hybridized carbons (Fsp3) is 0.600. The maximum absolute atomic E-state index is 12.7. The molecule has 3 rings (SSSR count). The van der Waals surface area contributed by atoms with E-state index in [0.717, 1.165) is 0 Å². The number of carboxylic acids is 1. The van der Waals surface area contributed by atoms with Crippen LogP contribution in [0, 0.1) is 5.92 Å². The molecule has 1 aromatic rings. The van der Waals surface area contributed by atoms with Crippen molar-refractivity contribution in [3.63, 3.8) is 0 Å². The Labute approximate surface area is 159 Å². The summed E-state index contributed by atoms with van der Waals surface area (Å²) in [7, 11) is 0. The van der Waals surface area contributed by atoms with Crippen LogP contribution in [0.15, 0.2) is 24.3 Å². The van der Waals surface area contributed by atoms with Crippen LogP contribution < -0.4 is 4.74 Å². The molecule has 2 heterocycles. The summed E-state index contributed by atoms with van der Waals surface area (Å²) in [6.45, 7) is 6.03. The highest BCUT2D eigenvalue weighted by molar-refractivity contribution is 5.79. The molecular weight excluding hydrogens is 348 g/mol. The number of rotatable bonds is 6. The number of amides is 1. The number of morpholine rings is 1. The lowest BCUT2D eigenvalue weighted by Crippen LogP contribution is -2.48. The Morgan fingerprint density at radius 3 is 2.48 bits per heavy atom. The molecule has 1 aromatic carbocycles. The summed E-state index contributed by atoms with van der Waals surface area (Å²) in [5.41, 5.74) is 0.671. The highest BCUT2D eigenvalue weighted by Crippen LogP contribution is 2.33. The first-order chi connectivity index (χ1) is 13.1. The van der Waals surface area contributed by atoms with Crippen molar-refractivity contribution in [1.82, 2.24) is 9.80 Å². The van der Waals surface area contributed by atoms with Crippen LogP contribution in [0.1, 0.15) is 31.4 Å². The summed E-state index contributed by atoms with van der Waals surface area (Å²) in [6, 6.07) is 6.55. The molecule has 148 valence electrons. The van der Waals surface area contributed by atoms with Crippen molar-refractivity contribution in [3.8, 4) is 5.75 Å². The van der Waals surface area contributed by atoms with E-state index in [1.807, 2.05) is 41.0 Å². The number of ether oxygens (including phenoxy) is 2. The molecule has 27 heavy (non-hydrogen) atoms. The SMILES string of the molecule is CCOc1ccccc1[C@H](C(=O)O)N1CCC(C(=O)N2CCOCC2)CC1. The zero-order valence-corrected chi connectivity index (χ0v) is 15.8. The number of aliphatic carboxylic acids is 1. The summed E-state index contributed by atoms with van der Waals surface area (Å²) in [4.78, 5) is 28.5. The molecule has 0 radical (unpaired) electrons. The van der Waals surface area contributed by atoms with Crippen molar-refractivity contribution in [2.75, 3.05) is 46.0 Å².